The predicted octanol–water partition coefficient (Wildman–Crippen LogP) is 1.03. The molecule has 2 amide bonds. The molecule has 20 heavy (non-hydrogen) atoms. The molecule has 0 radical (unpaired) electrons. The molecular weight excluding hydrogens is 262 g/mol. The molecule has 0 rings (SSSR count). The van der Waals surface area contributed by atoms with Gasteiger partial charge in [-0.2, -0.15) is 0 Å². The van der Waals surface area contributed by atoms with Crippen LogP contribution in [-0.2, 0) is 23.9 Å². The van der Waals surface area contributed by atoms with Gasteiger partial charge in [-0.05, 0) is 13.3 Å². The smallest absolute Gasteiger partial charge is 0.232 e. The third kappa shape index (κ3) is 8.01. The minimum Gasteiger partial charge on any atom is -0.377 e. The van der Waals surface area contributed by atoms with Crippen LogP contribution in [-0.4, -0.2) is 55.5 Å². The molecule has 0 saturated carbocycles. The zero-order valence-corrected chi connectivity index (χ0v) is 12.8. The predicted molar refractivity (Wildman–Crippen MR) is 74.2 cm³/mol. The van der Waals surface area contributed by atoms with E-state index in [1.165, 1.54) is 18.7 Å². The van der Waals surface area contributed by atoms with Gasteiger partial charge in [0, 0.05) is 12.8 Å². The SMILES string of the molecule is CCC(C)C(=O)N(CCOCCOCC(C)=O)C(C)=O. The Kier molecular flexibility index (Phi) is 9.84. The highest BCUT2D eigenvalue weighted by molar-refractivity contribution is 5.95. The second-order valence-electron chi connectivity index (χ2n) is 4.69. The number of ether oxygens (including phenoxy) is 2. The van der Waals surface area contributed by atoms with Crippen LogP contribution in [0.15, 0.2) is 0 Å². The zero-order valence-electron chi connectivity index (χ0n) is 12.8. The van der Waals surface area contributed by atoms with Crippen molar-refractivity contribution in [2.24, 2.45) is 5.92 Å². The van der Waals surface area contributed by atoms with Crippen molar-refractivity contribution in [3.05, 3.63) is 0 Å². The summed E-state index contributed by atoms with van der Waals surface area (Å²) in [6, 6.07) is 0. The number of imide groups is 1. The summed E-state index contributed by atoms with van der Waals surface area (Å²) in [6.45, 7) is 7.77. The molecule has 0 spiro atoms. The molecule has 0 aliphatic carbocycles. The summed E-state index contributed by atoms with van der Waals surface area (Å²) in [5.41, 5.74) is 0. The Labute approximate surface area is 120 Å². The molecule has 0 aliphatic heterocycles. The molecule has 0 N–H and O–H groups in total. The average Bonchev–Trinajstić information content (AvgIpc) is 2.39. The van der Waals surface area contributed by atoms with E-state index < -0.39 is 0 Å². The van der Waals surface area contributed by atoms with Crippen molar-refractivity contribution in [2.75, 3.05) is 33.0 Å². The molecule has 1 unspecified atom stereocenters. The van der Waals surface area contributed by atoms with Crippen LogP contribution in [0.5, 0.6) is 0 Å². The molecule has 0 bridgehead atoms. The third-order valence-corrected chi connectivity index (χ3v) is 2.82. The van der Waals surface area contributed by atoms with Crippen molar-refractivity contribution in [3.8, 4) is 0 Å². The molecule has 1 atom stereocenters. The van der Waals surface area contributed by atoms with E-state index in [4.69, 9.17) is 9.47 Å². The second kappa shape index (κ2) is 10.5. The standard InChI is InChI=1S/C14H25NO5/c1-5-11(2)14(18)15(13(4)17)6-7-19-8-9-20-10-12(3)16/h11H,5-10H2,1-4H3. The van der Waals surface area contributed by atoms with E-state index >= 15 is 0 Å². The minimum atomic E-state index is -0.272. The first-order valence-corrected chi connectivity index (χ1v) is 6.87. The molecule has 0 saturated heterocycles. The lowest BCUT2D eigenvalue weighted by atomic mass is 10.1. The fraction of sp³-hybridized carbons (Fsp3) is 0.786. The maximum atomic E-state index is 11.9. The number of Topliss-reactive ketones (excluding diaryl/α,β-unsaturated/α-hetero) is 1. The topological polar surface area (TPSA) is 72.9 Å². The summed E-state index contributed by atoms with van der Waals surface area (Å²) in [4.78, 5) is 35.2. The molecule has 0 heterocycles. The van der Waals surface area contributed by atoms with Crippen molar-refractivity contribution in [2.45, 2.75) is 34.1 Å². The van der Waals surface area contributed by atoms with Gasteiger partial charge in [0.25, 0.3) is 0 Å². The van der Waals surface area contributed by atoms with E-state index in [1.807, 2.05) is 6.92 Å². The van der Waals surface area contributed by atoms with Gasteiger partial charge in [0.15, 0.2) is 5.78 Å². The van der Waals surface area contributed by atoms with Crippen molar-refractivity contribution in [1.82, 2.24) is 4.90 Å². The van der Waals surface area contributed by atoms with Crippen molar-refractivity contribution in [1.29, 1.82) is 0 Å². The van der Waals surface area contributed by atoms with Crippen LogP contribution in [0.2, 0.25) is 0 Å². The fourth-order valence-electron chi connectivity index (χ4n) is 1.46. The Balaban J connectivity index is 3.91. The molecule has 0 aromatic carbocycles. The van der Waals surface area contributed by atoms with Gasteiger partial charge in [0.05, 0.1) is 26.4 Å². The highest BCUT2D eigenvalue weighted by Crippen LogP contribution is 2.07. The molecule has 0 aliphatic rings. The Morgan fingerprint density at radius 3 is 2.15 bits per heavy atom. The Hall–Kier alpha value is -1.27. The van der Waals surface area contributed by atoms with Crippen LogP contribution in [0, 0.1) is 5.92 Å². The maximum Gasteiger partial charge on any atom is 0.232 e. The van der Waals surface area contributed by atoms with Crippen LogP contribution in [0.1, 0.15) is 34.1 Å². The van der Waals surface area contributed by atoms with Gasteiger partial charge in [0.1, 0.15) is 6.61 Å². The highest BCUT2D eigenvalue weighted by atomic mass is 16.5. The van der Waals surface area contributed by atoms with Gasteiger partial charge in [-0.1, -0.05) is 13.8 Å². The van der Waals surface area contributed by atoms with E-state index in [-0.39, 0.29) is 43.3 Å². The zero-order chi connectivity index (χ0) is 15.5. The van der Waals surface area contributed by atoms with Gasteiger partial charge < -0.3 is 9.47 Å². The molecule has 0 fully saturated rings. The monoisotopic (exact) mass is 287 g/mol. The van der Waals surface area contributed by atoms with Gasteiger partial charge >= 0.3 is 0 Å². The lowest BCUT2D eigenvalue weighted by Crippen LogP contribution is -2.40. The average molecular weight is 287 g/mol. The van der Waals surface area contributed by atoms with Crippen LogP contribution in [0.25, 0.3) is 0 Å². The Morgan fingerprint density at radius 1 is 1.05 bits per heavy atom. The quantitative estimate of drug-likeness (QED) is 0.561. The lowest BCUT2D eigenvalue weighted by molar-refractivity contribution is -0.147. The first kappa shape index (κ1) is 18.7. The van der Waals surface area contributed by atoms with E-state index in [0.29, 0.717) is 19.6 Å². The largest absolute Gasteiger partial charge is 0.377 e. The molecule has 6 heteroatoms. The molecule has 0 aromatic rings. The van der Waals surface area contributed by atoms with Gasteiger partial charge in [0.2, 0.25) is 11.8 Å². The number of nitrogens with zero attached hydrogens (tertiary/aromatic N) is 1. The number of ketones is 1. The molecular formula is C14H25NO5. The first-order valence-electron chi connectivity index (χ1n) is 6.87. The van der Waals surface area contributed by atoms with Crippen molar-refractivity contribution in [3.63, 3.8) is 0 Å². The maximum absolute atomic E-state index is 11.9. The molecule has 116 valence electrons. The number of carbonyl (C=O) groups is 3. The second-order valence-corrected chi connectivity index (χ2v) is 4.69. The third-order valence-electron chi connectivity index (χ3n) is 2.82. The number of amides is 2. The summed E-state index contributed by atoms with van der Waals surface area (Å²) >= 11 is 0. The van der Waals surface area contributed by atoms with Gasteiger partial charge in [-0.3, -0.25) is 19.3 Å². The Morgan fingerprint density at radius 2 is 1.65 bits per heavy atom. The summed E-state index contributed by atoms with van der Waals surface area (Å²) in [5, 5.41) is 0. The number of hydrogen-bond donors (Lipinski definition) is 0. The summed E-state index contributed by atoms with van der Waals surface area (Å²) in [7, 11) is 0. The first-order chi connectivity index (χ1) is 9.40. The number of rotatable bonds is 10. The number of hydrogen-bond acceptors (Lipinski definition) is 5. The number of carbonyl (C=O) groups excluding carboxylic acids is 3. The van der Waals surface area contributed by atoms with E-state index in [1.54, 1.807) is 6.92 Å². The van der Waals surface area contributed by atoms with E-state index in [9.17, 15) is 14.4 Å². The van der Waals surface area contributed by atoms with Crippen molar-refractivity contribution < 1.29 is 23.9 Å². The van der Waals surface area contributed by atoms with Crippen LogP contribution in [0.4, 0.5) is 0 Å². The van der Waals surface area contributed by atoms with E-state index in [0.717, 1.165) is 0 Å². The normalized spacial score (nSPS) is 12.0. The van der Waals surface area contributed by atoms with Crippen molar-refractivity contribution >= 4 is 17.6 Å². The van der Waals surface area contributed by atoms with Gasteiger partial charge in [-0.15, -0.1) is 0 Å². The Bertz CT molecular complexity index is 330. The highest BCUT2D eigenvalue weighted by Gasteiger charge is 2.21. The molecule has 0 aromatic heterocycles. The van der Waals surface area contributed by atoms with Crippen LogP contribution >= 0.6 is 0 Å². The fourth-order valence-corrected chi connectivity index (χ4v) is 1.46. The summed E-state index contributed by atoms with van der Waals surface area (Å²) in [5.74, 6) is -0.645. The van der Waals surface area contributed by atoms with E-state index in [2.05, 4.69) is 0 Å². The van der Waals surface area contributed by atoms with Crippen LogP contribution in [0.3, 0.4) is 0 Å². The van der Waals surface area contributed by atoms with Gasteiger partial charge in [-0.25, -0.2) is 0 Å². The lowest BCUT2D eigenvalue weighted by Gasteiger charge is -2.22. The summed E-state index contributed by atoms with van der Waals surface area (Å²) in [6.07, 6.45) is 0.697. The summed E-state index contributed by atoms with van der Waals surface area (Å²) < 4.78 is 10.3. The van der Waals surface area contributed by atoms with Crippen LogP contribution < -0.4 is 0 Å². The minimum absolute atomic E-state index is 0.0353. The molecule has 6 nitrogen and oxygen atoms in total.